The van der Waals surface area contributed by atoms with Crippen molar-refractivity contribution in [2.45, 2.75) is 46.3 Å². The van der Waals surface area contributed by atoms with Gasteiger partial charge in [0.2, 0.25) is 0 Å². The zero-order valence-electron chi connectivity index (χ0n) is 12.4. The summed E-state index contributed by atoms with van der Waals surface area (Å²) in [5.41, 5.74) is 7.40. The van der Waals surface area contributed by atoms with Crippen LogP contribution in [0.1, 0.15) is 31.9 Å². The molecule has 0 saturated carbocycles. The first kappa shape index (κ1) is 15.5. The molecule has 1 aromatic carbocycles. The minimum atomic E-state index is -0.549. The van der Waals surface area contributed by atoms with E-state index in [-0.39, 0.29) is 5.91 Å². The van der Waals surface area contributed by atoms with Gasteiger partial charge < -0.3 is 15.8 Å². The fraction of sp³-hybridized carbons (Fsp3) is 0.533. The first-order valence-corrected chi connectivity index (χ1v) is 6.50. The molecule has 1 unspecified atom stereocenters. The Hall–Kier alpha value is -1.55. The molecule has 0 spiro atoms. The number of nitrogens with one attached hydrogen (secondary N) is 1. The third-order valence-electron chi connectivity index (χ3n) is 2.85. The summed E-state index contributed by atoms with van der Waals surface area (Å²) in [6.07, 6.45) is -0.549. The predicted molar refractivity (Wildman–Crippen MR) is 77.3 cm³/mol. The number of aryl methyl sites for hydroxylation is 2. The highest BCUT2D eigenvalue weighted by Gasteiger charge is 2.23. The van der Waals surface area contributed by atoms with Gasteiger partial charge in [-0.25, -0.2) is 0 Å². The number of rotatable bonds is 5. The average Bonchev–Trinajstić information content (AvgIpc) is 2.26. The summed E-state index contributed by atoms with van der Waals surface area (Å²) in [5.74, 6) is 0.556. The normalized spacial score (nSPS) is 12.9. The fourth-order valence-electron chi connectivity index (χ4n) is 1.74. The van der Waals surface area contributed by atoms with Crippen LogP contribution in [0.4, 0.5) is 0 Å². The van der Waals surface area contributed by atoms with Gasteiger partial charge in [-0.1, -0.05) is 6.07 Å². The highest BCUT2D eigenvalue weighted by molar-refractivity contribution is 5.81. The average molecular weight is 264 g/mol. The molecule has 1 rings (SSSR count). The lowest BCUT2D eigenvalue weighted by Gasteiger charge is -2.26. The number of hydrogen-bond donors (Lipinski definition) is 2. The van der Waals surface area contributed by atoms with E-state index >= 15 is 0 Å². The number of carbonyl (C=O) groups excluding carboxylic acids is 1. The Balaban J connectivity index is 2.68. The van der Waals surface area contributed by atoms with Crippen molar-refractivity contribution < 1.29 is 9.53 Å². The molecule has 1 amide bonds. The molecular formula is C15H24N2O2. The van der Waals surface area contributed by atoms with E-state index in [0.717, 1.165) is 11.1 Å². The predicted octanol–water partition coefficient (Wildman–Crippen LogP) is 1.92. The summed E-state index contributed by atoms with van der Waals surface area (Å²) in [4.78, 5) is 12.0. The van der Waals surface area contributed by atoms with E-state index in [0.29, 0.717) is 12.3 Å². The maximum absolute atomic E-state index is 12.0. The topological polar surface area (TPSA) is 64.3 Å². The Labute approximate surface area is 115 Å². The first-order valence-electron chi connectivity index (χ1n) is 6.50. The highest BCUT2D eigenvalue weighted by Crippen LogP contribution is 2.17. The molecule has 0 aromatic heterocycles. The smallest absolute Gasteiger partial charge is 0.261 e. The minimum absolute atomic E-state index is 0.158. The molecule has 0 aliphatic rings. The van der Waals surface area contributed by atoms with Crippen LogP contribution in [0, 0.1) is 13.8 Å². The van der Waals surface area contributed by atoms with Crippen molar-refractivity contribution in [1.29, 1.82) is 0 Å². The van der Waals surface area contributed by atoms with Gasteiger partial charge in [0.25, 0.3) is 5.91 Å². The Morgan fingerprint density at radius 3 is 2.32 bits per heavy atom. The van der Waals surface area contributed by atoms with Crippen molar-refractivity contribution in [3.05, 3.63) is 29.3 Å². The largest absolute Gasteiger partial charge is 0.481 e. The molecule has 0 bridgehead atoms. The lowest BCUT2D eigenvalue weighted by atomic mass is 10.1. The van der Waals surface area contributed by atoms with Crippen molar-refractivity contribution in [3.63, 3.8) is 0 Å². The monoisotopic (exact) mass is 264 g/mol. The van der Waals surface area contributed by atoms with Gasteiger partial charge in [0.15, 0.2) is 6.10 Å². The summed E-state index contributed by atoms with van der Waals surface area (Å²) in [6, 6.07) is 5.91. The van der Waals surface area contributed by atoms with Gasteiger partial charge in [0, 0.05) is 12.1 Å². The number of benzene rings is 1. The zero-order chi connectivity index (χ0) is 14.6. The Morgan fingerprint density at radius 1 is 1.32 bits per heavy atom. The van der Waals surface area contributed by atoms with Crippen LogP contribution < -0.4 is 15.8 Å². The molecule has 0 saturated heterocycles. The van der Waals surface area contributed by atoms with Crippen LogP contribution in [-0.2, 0) is 4.79 Å². The summed E-state index contributed by atoms with van der Waals surface area (Å²) in [7, 11) is 0. The number of carbonyl (C=O) groups is 1. The summed E-state index contributed by atoms with van der Waals surface area (Å²) >= 11 is 0. The van der Waals surface area contributed by atoms with Crippen LogP contribution in [0.5, 0.6) is 5.75 Å². The molecule has 0 radical (unpaired) electrons. The molecule has 19 heavy (non-hydrogen) atoms. The van der Waals surface area contributed by atoms with E-state index in [1.165, 1.54) is 0 Å². The van der Waals surface area contributed by atoms with E-state index in [2.05, 4.69) is 11.4 Å². The van der Waals surface area contributed by atoms with Gasteiger partial charge in [-0.05, 0) is 57.9 Å². The molecule has 1 atom stereocenters. The molecule has 0 aliphatic heterocycles. The molecular weight excluding hydrogens is 240 g/mol. The van der Waals surface area contributed by atoms with E-state index in [4.69, 9.17) is 10.5 Å². The molecule has 0 heterocycles. The van der Waals surface area contributed by atoms with Gasteiger partial charge >= 0.3 is 0 Å². The number of ether oxygens (including phenoxy) is 1. The van der Waals surface area contributed by atoms with Crippen LogP contribution in [0.3, 0.4) is 0 Å². The Bertz CT molecular complexity index is 435. The number of nitrogens with two attached hydrogens (primary N) is 1. The first-order chi connectivity index (χ1) is 8.73. The second-order valence-corrected chi connectivity index (χ2v) is 5.66. The molecule has 4 heteroatoms. The van der Waals surface area contributed by atoms with Crippen molar-refractivity contribution in [3.8, 4) is 5.75 Å². The van der Waals surface area contributed by atoms with Gasteiger partial charge in [-0.3, -0.25) is 4.79 Å². The Morgan fingerprint density at radius 2 is 1.84 bits per heavy atom. The van der Waals surface area contributed by atoms with Crippen LogP contribution in [0.15, 0.2) is 18.2 Å². The summed E-state index contributed by atoms with van der Waals surface area (Å²) < 4.78 is 5.68. The van der Waals surface area contributed by atoms with Crippen LogP contribution in [-0.4, -0.2) is 24.1 Å². The van der Waals surface area contributed by atoms with E-state index in [9.17, 15) is 4.79 Å². The molecule has 106 valence electrons. The standard InChI is InChI=1S/C15H24N2O2/c1-10-6-11(2)8-13(7-10)19-12(3)14(18)17-15(4,5)9-16/h6-8,12H,9,16H2,1-5H3,(H,17,18). The van der Waals surface area contributed by atoms with Crippen molar-refractivity contribution >= 4 is 5.91 Å². The lowest BCUT2D eigenvalue weighted by molar-refractivity contribution is -0.128. The summed E-state index contributed by atoms with van der Waals surface area (Å²) in [5, 5.41) is 2.87. The quantitative estimate of drug-likeness (QED) is 0.854. The van der Waals surface area contributed by atoms with Crippen molar-refractivity contribution in [2.24, 2.45) is 5.73 Å². The van der Waals surface area contributed by atoms with Crippen molar-refractivity contribution in [2.75, 3.05) is 6.54 Å². The summed E-state index contributed by atoms with van der Waals surface area (Å²) in [6.45, 7) is 9.89. The fourth-order valence-corrected chi connectivity index (χ4v) is 1.74. The van der Waals surface area contributed by atoms with Crippen LogP contribution in [0.25, 0.3) is 0 Å². The Kier molecular flexibility index (Phi) is 4.95. The third-order valence-corrected chi connectivity index (χ3v) is 2.85. The van der Waals surface area contributed by atoms with Gasteiger partial charge in [0.05, 0.1) is 0 Å². The third kappa shape index (κ3) is 4.91. The molecule has 0 aliphatic carbocycles. The van der Waals surface area contributed by atoms with E-state index < -0.39 is 11.6 Å². The van der Waals surface area contributed by atoms with E-state index in [1.54, 1.807) is 6.92 Å². The zero-order valence-corrected chi connectivity index (χ0v) is 12.4. The maximum atomic E-state index is 12.0. The SMILES string of the molecule is Cc1cc(C)cc(OC(C)C(=O)NC(C)(C)CN)c1. The van der Waals surface area contributed by atoms with Crippen LogP contribution in [0.2, 0.25) is 0 Å². The number of hydrogen-bond acceptors (Lipinski definition) is 3. The molecule has 1 aromatic rings. The van der Waals surface area contributed by atoms with Crippen LogP contribution >= 0.6 is 0 Å². The lowest BCUT2D eigenvalue weighted by Crippen LogP contribution is -2.52. The second-order valence-electron chi connectivity index (χ2n) is 5.66. The van der Waals surface area contributed by atoms with Gasteiger partial charge in [0.1, 0.15) is 5.75 Å². The van der Waals surface area contributed by atoms with Gasteiger partial charge in [-0.2, -0.15) is 0 Å². The highest BCUT2D eigenvalue weighted by atomic mass is 16.5. The second kappa shape index (κ2) is 6.06. The van der Waals surface area contributed by atoms with Gasteiger partial charge in [-0.15, -0.1) is 0 Å². The molecule has 4 nitrogen and oxygen atoms in total. The molecule has 0 fully saturated rings. The van der Waals surface area contributed by atoms with E-state index in [1.807, 2.05) is 39.8 Å². The molecule has 3 N–H and O–H groups in total. The number of amides is 1. The minimum Gasteiger partial charge on any atom is -0.481 e. The maximum Gasteiger partial charge on any atom is 0.261 e. The van der Waals surface area contributed by atoms with Crippen molar-refractivity contribution in [1.82, 2.24) is 5.32 Å².